The molecule has 0 aliphatic rings. The van der Waals surface area contributed by atoms with Gasteiger partial charge in [-0.2, -0.15) is 0 Å². The van der Waals surface area contributed by atoms with Gasteiger partial charge in [0.15, 0.2) is 0 Å². The molecule has 0 unspecified atom stereocenters. The number of carbonyl (C=O) groups is 2. The number of benzene rings is 3. The minimum atomic E-state index is -0.573. The number of nitrogens with zero attached hydrogens (tertiary/aromatic N) is 1. The molecule has 3 aromatic carbocycles. The first-order valence-electron chi connectivity index (χ1n) is 13.6. The predicted octanol–water partition coefficient (Wildman–Crippen LogP) is 3.95. The Morgan fingerprint density at radius 1 is 0.950 bits per heavy atom. The molecule has 2 amide bonds. The van der Waals surface area contributed by atoms with Gasteiger partial charge >= 0.3 is 0 Å². The van der Waals surface area contributed by atoms with E-state index in [0.29, 0.717) is 13.2 Å². The minimum Gasteiger partial charge on any atom is -0.392 e. The highest BCUT2D eigenvalue weighted by atomic mass is 16.5. The number of β-amino-alcohol motifs (C(OH)–C–C–N with tert-alkyl or cyclic N) is 1. The lowest BCUT2D eigenvalue weighted by Crippen LogP contribution is -2.51. The Morgan fingerprint density at radius 2 is 1.62 bits per heavy atom. The van der Waals surface area contributed by atoms with Crippen LogP contribution in [-0.4, -0.2) is 51.8 Å². The third kappa shape index (κ3) is 10.2. The van der Waals surface area contributed by atoms with E-state index >= 15 is 0 Å². The SMILES string of the molecule is C[C@@H](O)CNC(C)(C)CC(=O)NN(Cc1ccc(-c2ccccc2CO)cc1)C(=O)CCOCc1ccccc1. The lowest BCUT2D eigenvalue weighted by molar-refractivity contribution is -0.143. The topological polar surface area (TPSA) is 111 Å². The molecule has 0 aromatic heterocycles. The molecule has 0 fully saturated rings. The van der Waals surface area contributed by atoms with Crippen LogP contribution >= 0.6 is 0 Å². The van der Waals surface area contributed by atoms with Gasteiger partial charge in [-0.15, -0.1) is 0 Å². The van der Waals surface area contributed by atoms with Crippen LogP contribution in [0.15, 0.2) is 78.9 Å². The molecule has 3 rings (SSSR count). The lowest BCUT2D eigenvalue weighted by Gasteiger charge is -2.29. The van der Waals surface area contributed by atoms with Crippen molar-refractivity contribution in [1.82, 2.24) is 15.8 Å². The van der Waals surface area contributed by atoms with Crippen molar-refractivity contribution in [3.8, 4) is 11.1 Å². The zero-order valence-electron chi connectivity index (χ0n) is 23.6. The van der Waals surface area contributed by atoms with Crippen molar-refractivity contribution in [2.24, 2.45) is 0 Å². The fraction of sp³-hybridized carbons (Fsp3) is 0.375. The van der Waals surface area contributed by atoms with E-state index in [4.69, 9.17) is 4.74 Å². The Bertz CT molecular complexity index is 1210. The molecule has 0 aliphatic carbocycles. The van der Waals surface area contributed by atoms with Crippen LogP contribution in [0.25, 0.3) is 11.1 Å². The van der Waals surface area contributed by atoms with Gasteiger partial charge in [0, 0.05) is 18.5 Å². The smallest absolute Gasteiger partial charge is 0.243 e. The first kappa shape index (κ1) is 31.0. The van der Waals surface area contributed by atoms with Crippen molar-refractivity contribution in [3.63, 3.8) is 0 Å². The normalized spacial score (nSPS) is 12.1. The van der Waals surface area contributed by atoms with Crippen LogP contribution in [-0.2, 0) is 34.1 Å². The fourth-order valence-corrected chi connectivity index (χ4v) is 4.24. The van der Waals surface area contributed by atoms with E-state index in [1.165, 1.54) is 5.01 Å². The highest BCUT2D eigenvalue weighted by molar-refractivity contribution is 5.82. The van der Waals surface area contributed by atoms with Crippen molar-refractivity contribution < 1.29 is 24.5 Å². The first-order chi connectivity index (χ1) is 19.2. The van der Waals surface area contributed by atoms with Gasteiger partial charge in [-0.05, 0) is 48.6 Å². The number of aliphatic hydroxyl groups excluding tert-OH is 2. The van der Waals surface area contributed by atoms with E-state index < -0.39 is 11.6 Å². The van der Waals surface area contributed by atoms with Crippen LogP contribution in [0.1, 0.15) is 50.3 Å². The number of rotatable bonds is 14. The average Bonchev–Trinajstić information content (AvgIpc) is 2.94. The van der Waals surface area contributed by atoms with Gasteiger partial charge in [-0.25, -0.2) is 5.01 Å². The summed E-state index contributed by atoms with van der Waals surface area (Å²) in [4.78, 5) is 26.2. The van der Waals surface area contributed by atoms with Gasteiger partial charge in [0.1, 0.15) is 0 Å². The van der Waals surface area contributed by atoms with Gasteiger partial charge in [-0.3, -0.25) is 15.0 Å². The maximum absolute atomic E-state index is 13.2. The minimum absolute atomic E-state index is 0.0546. The van der Waals surface area contributed by atoms with E-state index in [0.717, 1.165) is 27.8 Å². The van der Waals surface area contributed by atoms with Crippen molar-refractivity contribution >= 4 is 11.8 Å². The van der Waals surface area contributed by atoms with E-state index in [-0.39, 0.29) is 44.4 Å². The molecule has 0 spiro atoms. The summed E-state index contributed by atoms with van der Waals surface area (Å²) in [6.45, 7) is 6.54. The van der Waals surface area contributed by atoms with Crippen molar-refractivity contribution in [2.45, 2.75) is 65.0 Å². The third-order valence-corrected chi connectivity index (χ3v) is 6.40. The zero-order chi connectivity index (χ0) is 29.0. The number of aliphatic hydroxyl groups is 2. The Balaban J connectivity index is 1.67. The van der Waals surface area contributed by atoms with E-state index in [1.54, 1.807) is 6.92 Å². The third-order valence-electron chi connectivity index (χ3n) is 6.40. The van der Waals surface area contributed by atoms with Crippen LogP contribution < -0.4 is 10.7 Å². The van der Waals surface area contributed by atoms with Crippen LogP contribution in [0.2, 0.25) is 0 Å². The quantitative estimate of drug-likeness (QED) is 0.180. The zero-order valence-corrected chi connectivity index (χ0v) is 23.6. The predicted molar refractivity (Wildman–Crippen MR) is 156 cm³/mol. The molecule has 0 aliphatic heterocycles. The second-order valence-corrected chi connectivity index (χ2v) is 10.6. The summed E-state index contributed by atoms with van der Waals surface area (Å²) in [6.07, 6.45) is -0.312. The molecule has 8 nitrogen and oxygen atoms in total. The standard InChI is InChI=1S/C32H41N3O5/c1-24(37)20-33-32(2,3)19-30(38)34-35(31(39)17-18-40-23-26-9-5-4-6-10-26)21-25-13-15-27(16-14-25)29-12-8-7-11-28(29)22-36/h4-16,24,33,36-37H,17-23H2,1-3H3,(H,34,38)/t24-/m1/s1. The summed E-state index contributed by atoms with van der Waals surface area (Å²) in [7, 11) is 0. The molecule has 0 saturated heterocycles. The summed E-state index contributed by atoms with van der Waals surface area (Å²) in [5.41, 5.74) is 6.81. The van der Waals surface area contributed by atoms with Gasteiger partial charge in [0.2, 0.25) is 11.8 Å². The Morgan fingerprint density at radius 3 is 2.30 bits per heavy atom. The van der Waals surface area contributed by atoms with E-state index in [1.807, 2.05) is 92.7 Å². The highest BCUT2D eigenvalue weighted by Crippen LogP contribution is 2.24. The second-order valence-electron chi connectivity index (χ2n) is 10.6. The Hall–Kier alpha value is -3.56. The number of amides is 2. The van der Waals surface area contributed by atoms with Crippen LogP contribution in [0.3, 0.4) is 0 Å². The maximum atomic E-state index is 13.2. The molecule has 0 saturated carbocycles. The molecular formula is C32H41N3O5. The number of ether oxygens (including phenoxy) is 1. The molecule has 8 heteroatoms. The van der Waals surface area contributed by atoms with Crippen LogP contribution in [0.5, 0.6) is 0 Å². The molecule has 0 bridgehead atoms. The summed E-state index contributed by atoms with van der Waals surface area (Å²) >= 11 is 0. The Kier molecular flexibility index (Phi) is 11.8. The largest absolute Gasteiger partial charge is 0.392 e. The van der Waals surface area contributed by atoms with Gasteiger partial charge in [-0.1, -0.05) is 78.9 Å². The van der Waals surface area contributed by atoms with E-state index in [2.05, 4.69) is 10.7 Å². The molecule has 1 atom stereocenters. The van der Waals surface area contributed by atoms with Crippen molar-refractivity contribution in [1.29, 1.82) is 0 Å². The molecule has 4 N–H and O–H groups in total. The molecule has 3 aromatic rings. The number of hydrogen-bond donors (Lipinski definition) is 4. The molecule has 0 radical (unpaired) electrons. The molecule has 40 heavy (non-hydrogen) atoms. The molecular weight excluding hydrogens is 506 g/mol. The van der Waals surface area contributed by atoms with Crippen LogP contribution in [0, 0.1) is 0 Å². The number of hydrazine groups is 1. The number of nitrogens with one attached hydrogen (secondary N) is 2. The monoisotopic (exact) mass is 547 g/mol. The van der Waals surface area contributed by atoms with Gasteiger partial charge in [0.25, 0.3) is 0 Å². The average molecular weight is 548 g/mol. The fourth-order valence-electron chi connectivity index (χ4n) is 4.24. The summed E-state index contributed by atoms with van der Waals surface area (Å²) in [5, 5.41) is 23.8. The highest BCUT2D eigenvalue weighted by Gasteiger charge is 2.24. The lowest BCUT2D eigenvalue weighted by atomic mass is 9.99. The molecule has 0 heterocycles. The van der Waals surface area contributed by atoms with Crippen LogP contribution in [0.4, 0.5) is 0 Å². The summed E-state index contributed by atoms with van der Waals surface area (Å²) in [6, 6.07) is 25.1. The van der Waals surface area contributed by atoms with E-state index in [9.17, 15) is 19.8 Å². The second kappa shape index (κ2) is 15.3. The van der Waals surface area contributed by atoms with Gasteiger partial charge in [0.05, 0.1) is 38.9 Å². The van der Waals surface area contributed by atoms with Crippen molar-refractivity contribution in [3.05, 3.63) is 95.6 Å². The molecule has 214 valence electrons. The number of hydrogen-bond acceptors (Lipinski definition) is 6. The Labute approximate surface area is 237 Å². The number of carbonyl (C=O) groups excluding carboxylic acids is 2. The maximum Gasteiger partial charge on any atom is 0.243 e. The van der Waals surface area contributed by atoms with Gasteiger partial charge < -0.3 is 20.3 Å². The first-order valence-corrected chi connectivity index (χ1v) is 13.6. The summed E-state index contributed by atoms with van der Waals surface area (Å²) < 4.78 is 5.70. The van der Waals surface area contributed by atoms with Crippen molar-refractivity contribution in [2.75, 3.05) is 13.2 Å². The summed E-state index contributed by atoms with van der Waals surface area (Å²) in [5.74, 6) is -0.569.